The van der Waals surface area contributed by atoms with E-state index in [1.807, 2.05) is 0 Å². The molecule has 0 rings (SSSR count). The molecule has 2 unspecified atom stereocenters. The molecule has 0 saturated heterocycles. The predicted molar refractivity (Wildman–Crippen MR) is 73.9 cm³/mol. The normalized spacial score (nSPS) is 15.8. The lowest BCUT2D eigenvalue weighted by molar-refractivity contribution is 0.189. The van der Waals surface area contributed by atoms with Crippen LogP contribution in [0.25, 0.3) is 0 Å². The van der Waals surface area contributed by atoms with Crippen molar-refractivity contribution in [3.05, 3.63) is 0 Å². The van der Waals surface area contributed by atoms with Gasteiger partial charge in [0, 0.05) is 18.6 Å². The highest BCUT2D eigenvalue weighted by atomic mass is 15.1. The summed E-state index contributed by atoms with van der Waals surface area (Å²) in [4.78, 5) is 2.38. The van der Waals surface area contributed by atoms with Crippen LogP contribution >= 0.6 is 0 Å². The van der Waals surface area contributed by atoms with Gasteiger partial charge in [0.1, 0.15) is 0 Å². The van der Waals surface area contributed by atoms with E-state index in [-0.39, 0.29) is 0 Å². The molecule has 2 atom stereocenters. The van der Waals surface area contributed by atoms with E-state index < -0.39 is 0 Å². The molecule has 0 aromatic heterocycles. The molecule has 0 aliphatic carbocycles. The topological polar surface area (TPSA) is 15.3 Å². The zero-order valence-corrected chi connectivity index (χ0v) is 12.2. The Bertz CT molecular complexity index is 153. The average molecular weight is 228 g/mol. The molecular formula is C14H32N2. The van der Waals surface area contributed by atoms with Gasteiger partial charge in [-0.2, -0.15) is 0 Å². The molecule has 0 radical (unpaired) electrons. The number of hydrogen-bond donors (Lipinski definition) is 1. The van der Waals surface area contributed by atoms with Crippen LogP contribution in [0.3, 0.4) is 0 Å². The van der Waals surface area contributed by atoms with Crippen LogP contribution in [-0.4, -0.2) is 37.6 Å². The fourth-order valence-electron chi connectivity index (χ4n) is 2.46. The highest BCUT2D eigenvalue weighted by Crippen LogP contribution is 2.16. The van der Waals surface area contributed by atoms with E-state index in [4.69, 9.17) is 0 Å². The molecule has 0 heterocycles. The third kappa shape index (κ3) is 5.86. The first-order valence-corrected chi connectivity index (χ1v) is 6.96. The van der Waals surface area contributed by atoms with Crippen LogP contribution in [0.2, 0.25) is 0 Å². The Kier molecular flexibility index (Phi) is 8.96. The zero-order chi connectivity index (χ0) is 12.6. The minimum Gasteiger partial charge on any atom is -0.313 e. The van der Waals surface area contributed by atoms with E-state index in [9.17, 15) is 0 Å². The summed E-state index contributed by atoms with van der Waals surface area (Å²) in [5.41, 5.74) is 0. The second kappa shape index (κ2) is 9.00. The maximum Gasteiger partial charge on any atom is 0.0242 e. The number of nitrogens with zero attached hydrogens (tertiary/aromatic N) is 1. The molecule has 0 amide bonds. The number of hydrogen-bond acceptors (Lipinski definition) is 2. The van der Waals surface area contributed by atoms with Gasteiger partial charge in [-0.25, -0.2) is 0 Å². The van der Waals surface area contributed by atoms with Crippen LogP contribution in [0, 0.1) is 5.92 Å². The van der Waals surface area contributed by atoms with E-state index >= 15 is 0 Å². The van der Waals surface area contributed by atoms with Crippen molar-refractivity contribution in [1.29, 1.82) is 0 Å². The van der Waals surface area contributed by atoms with E-state index in [1.54, 1.807) is 0 Å². The van der Waals surface area contributed by atoms with Gasteiger partial charge in [-0.3, -0.25) is 0 Å². The smallest absolute Gasteiger partial charge is 0.0242 e. The van der Waals surface area contributed by atoms with Crippen molar-refractivity contribution in [2.24, 2.45) is 5.92 Å². The largest absolute Gasteiger partial charge is 0.313 e. The summed E-state index contributed by atoms with van der Waals surface area (Å²) >= 11 is 0. The van der Waals surface area contributed by atoms with Crippen molar-refractivity contribution in [3.8, 4) is 0 Å². The number of nitrogens with one attached hydrogen (secondary N) is 1. The van der Waals surface area contributed by atoms with E-state index in [2.05, 4.69) is 52.0 Å². The molecule has 2 nitrogen and oxygen atoms in total. The second-order valence-corrected chi connectivity index (χ2v) is 5.21. The van der Waals surface area contributed by atoms with Gasteiger partial charge in [-0.05, 0) is 33.4 Å². The molecule has 98 valence electrons. The third-order valence-corrected chi connectivity index (χ3v) is 3.65. The van der Waals surface area contributed by atoms with Crippen LogP contribution in [0.4, 0.5) is 0 Å². The molecule has 0 spiro atoms. The summed E-state index contributed by atoms with van der Waals surface area (Å²) in [6.07, 6.45) is 5.11. The van der Waals surface area contributed by atoms with Gasteiger partial charge < -0.3 is 10.2 Å². The Morgan fingerprint density at radius 1 is 1.06 bits per heavy atom. The van der Waals surface area contributed by atoms with Crippen molar-refractivity contribution in [3.63, 3.8) is 0 Å². The van der Waals surface area contributed by atoms with Gasteiger partial charge in [-0.1, -0.05) is 40.0 Å². The lowest BCUT2D eigenvalue weighted by Crippen LogP contribution is -2.45. The quantitative estimate of drug-likeness (QED) is 0.652. The lowest BCUT2D eigenvalue weighted by Gasteiger charge is -2.32. The molecule has 0 fully saturated rings. The summed E-state index contributed by atoms with van der Waals surface area (Å²) in [6.45, 7) is 10.3. The third-order valence-electron chi connectivity index (χ3n) is 3.65. The van der Waals surface area contributed by atoms with Crippen LogP contribution in [0.15, 0.2) is 0 Å². The standard InChI is InChI=1S/C14H32N2/c1-7-10-12(4)15-11-14(16(5)6)13(8-2)9-3/h12-15H,7-11H2,1-6H3. The predicted octanol–water partition coefficient (Wildman–Crippen LogP) is 3.13. The SMILES string of the molecule is CCCC(C)NCC(C(CC)CC)N(C)C. The first kappa shape index (κ1) is 15.9. The van der Waals surface area contributed by atoms with Crippen molar-refractivity contribution >= 4 is 0 Å². The van der Waals surface area contributed by atoms with Gasteiger partial charge >= 0.3 is 0 Å². The first-order valence-electron chi connectivity index (χ1n) is 6.96. The Hall–Kier alpha value is -0.0800. The molecule has 0 bridgehead atoms. The Balaban J connectivity index is 4.12. The lowest BCUT2D eigenvalue weighted by atomic mass is 9.93. The molecule has 16 heavy (non-hydrogen) atoms. The fraction of sp³-hybridized carbons (Fsp3) is 1.00. The molecule has 0 aromatic carbocycles. The first-order chi connectivity index (χ1) is 7.56. The maximum atomic E-state index is 3.67. The van der Waals surface area contributed by atoms with Crippen LogP contribution in [-0.2, 0) is 0 Å². The molecule has 0 aromatic rings. The Labute approximate surface area is 103 Å². The van der Waals surface area contributed by atoms with Crippen molar-refractivity contribution in [1.82, 2.24) is 10.2 Å². The molecule has 1 N–H and O–H groups in total. The van der Waals surface area contributed by atoms with Gasteiger partial charge in [-0.15, -0.1) is 0 Å². The second-order valence-electron chi connectivity index (χ2n) is 5.21. The number of likely N-dealkylation sites (N-methyl/N-ethyl adjacent to an activating group) is 1. The van der Waals surface area contributed by atoms with E-state index in [1.165, 1.54) is 25.7 Å². The van der Waals surface area contributed by atoms with Crippen molar-refractivity contribution in [2.45, 2.75) is 65.5 Å². The highest BCUT2D eigenvalue weighted by Gasteiger charge is 2.20. The van der Waals surface area contributed by atoms with Gasteiger partial charge in [0.25, 0.3) is 0 Å². The highest BCUT2D eigenvalue weighted by molar-refractivity contribution is 4.78. The van der Waals surface area contributed by atoms with E-state index in [0.29, 0.717) is 12.1 Å². The Morgan fingerprint density at radius 3 is 2.00 bits per heavy atom. The zero-order valence-electron chi connectivity index (χ0n) is 12.2. The summed E-state index contributed by atoms with van der Waals surface area (Å²) in [7, 11) is 4.41. The Morgan fingerprint density at radius 2 is 1.62 bits per heavy atom. The summed E-state index contributed by atoms with van der Waals surface area (Å²) in [5, 5.41) is 3.67. The summed E-state index contributed by atoms with van der Waals surface area (Å²) in [5.74, 6) is 0.816. The molecule has 2 heteroatoms. The molecule has 0 saturated carbocycles. The molecule has 0 aliphatic heterocycles. The van der Waals surface area contributed by atoms with Crippen LogP contribution in [0.1, 0.15) is 53.4 Å². The molecule has 0 aliphatic rings. The van der Waals surface area contributed by atoms with Gasteiger partial charge in [0.05, 0.1) is 0 Å². The average Bonchev–Trinajstić information content (AvgIpc) is 2.24. The maximum absolute atomic E-state index is 3.67. The fourth-order valence-corrected chi connectivity index (χ4v) is 2.46. The van der Waals surface area contributed by atoms with Gasteiger partial charge in [0.2, 0.25) is 0 Å². The van der Waals surface area contributed by atoms with E-state index in [0.717, 1.165) is 12.5 Å². The van der Waals surface area contributed by atoms with Crippen molar-refractivity contribution in [2.75, 3.05) is 20.6 Å². The number of rotatable bonds is 9. The van der Waals surface area contributed by atoms with Crippen LogP contribution in [0.5, 0.6) is 0 Å². The van der Waals surface area contributed by atoms with Crippen molar-refractivity contribution < 1.29 is 0 Å². The molecular weight excluding hydrogens is 196 g/mol. The minimum atomic E-state index is 0.654. The minimum absolute atomic E-state index is 0.654. The van der Waals surface area contributed by atoms with Crippen LogP contribution < -0.4 is 5.32 Å². The monoisotopic (exact) mass is 228 g/mol. The van der Waals surface area contributed by atoms with Gasteiger partial charge in [0.15, 0.2) is 0 Å². The summed E-state index contributed by atoms with van der Waals surface area (Å²) in [6, 6.07) is 1.33. The summed E-state index contributed by atoms with van der Waals surface area (Å²) < 4.78 is 0.